The molecule has 0 aliphatic rings. The molecule has 0 saturated heterocycles. The van der Waals surface area contributed by atoms with Crippen LogP contribution >= 0.6 is 0 Å². The van der Waals surface area contributed by atoms with Crippen molar-refractivity contribution in [2.75, 3.05) is 0 Å². The number of alkyl halides is 3. The van der Waals surface area contributed by atoms with E-state index in [4.69, 9.17) is 9.52 Å². The number of hydrogen-bond donors (Lipinski definition) is 1. The number of rotatable bonds is 4. The summed E-state index contributed by atoms with van der Waals surface area (Å²) < 4.78 is 42.7. The number of aryl methyl sites for hydroxylation is 3. The normalized spacial score (nSPS) is 11.6. The lowest BCUT2D eigenvalue weighted by atomic mass is 10.1. The molecule has 0 spiro atoms. The summed E-state index contributed by atoms with van der Waals surface area (Å²) in [5.74, 6) is -3.18. The first-order valence-electron chi connectivity index (χ1n) is 6.13. The molecule has 0 unspecified atom stereocenters. The van der Waals surface area contributed by atoms with Gasteiger partial charge in [0, 0.05) is 6.42 Å². The van der Waals surface area contributed by atoms with E-state index >= 15 is 0 Å². The molecule has 112 valence electrons. The van der Waals surface area contributed by atoms with Crippen LogP contribution in [0.25, 0.3) is 0 Å². The van der Waals surface area contributed by atoms with Crippen molar-refractivity contribution in [3.05, 3.63) is 52.7 Å². The maximum atomic E-state index is 12.7. The second kappa shape index (κ2) is 5.59. The van der Waals surface area contributed by atoms with Gasteiger partial charge in [0.2, 0.25) is 5.76 Å². The van der Waals surface area contributed by atoms with E-state index in [-0.39, 0.29) is 12.3 Å². The number of carbonyl (C=O) groups is 1. The quantitative estimate of drug-likeness (QED) is 0.938. The molecular weight excluding hydrogens is 287 g/mol. The van der Waals surface area contributed by atoms with Crippen LogP contribution in [0.4, 0.5) is 13.2 Å². The zero-order valence-electron chi connectivity index (χ0n) is 11.1. The maximum Gasteiger partial charge on any atom is 0.437 e. The largest absolute Gasteiger partial charge is 0.475 e. The van der Waals surface area contributed by atoms with Crippen molar-refractivity contribution in [2.24, 2.45) is 0 Å². The molecule has 0 fully saturated rings. The Bertz CT molecular complexity index is 662. The molecule has 0 atom stereocenters. The van der Waals surface area contributed by atoms with E-state index in [0.29, 0.717) is 6.42 Å². The number of oxazole rings is 1. The fraction of sp³-hybridized carbons (Fsp3) is 0.286. The lowest BCUT2D eigenvalue weighted by molar-refractivity contribution is -0.141. The van der Waals surface area contributed by atoms with Gasteiger partial charge in [-0.15, -0.1) is 0 Å². The molecule has 2 aromatic rings. The molecule has 0 bridgehead atoms. The highest BCUT2D eigenvalue weighted by Gasteiger charge is 2.41. The van der Waals surface area contributed by atoms with Gasteiger partial charge in [0.15, 0.2) is 11.6 Å². The van der Waals surface area contributed by atoms with E-state index in [1.807, 2.05) is 31.2 Å². The Hall–Kier alpha value is -2.31. The summed E-state index contributed by atoms with van der Waals surface area (Å²) in [4.78, 5) is 14.0. The van der Waals surface area contributed by atoms with E-state index in [1.54, 1.807) is 0 Å². The smallest absolute Gasteiger partial charge is 0.437 e. The highest BCUT2D eigenvalue weighted by Crippen LogP contribution is 2.32. The first-order valence-corrected chi connectivity index (χ1v) is 6.13. The van der Waals surface area contributed by atoms with Crippen LogP contribution in [0.15, 0.2) is 28.7 Å². The van der Waals surface area contributed by atoms with Crippen molar-refractivity contribution in [1.29, 1.82) is 0 Å². The standard InChI is InChI=1S/C14H12F3NO3/c1-8-3-2-4-9(7-8)5-6-10-18-12(14(15,16)17)11(21-10)13(19)20/h2-4,7H,5-6H2,1H3,(H,19,20). The van der Waals surface area contributed by atoms with Gasteiger partial charge < -0.3 is 9.52 Å². The zero-order chi connectivity index (χ0) is 15.6. The molecule has 0 saturated carbocycles. The highest BCUT2D eigenvalue weighted by atomic mass is 19.4. The van der Waals surface area contributed by atoms with E-state index in [2.05, 4.69) is 4.98 Å². The summed E-state index contributed by atoms with van der Waals surface area (Å²) in [5, 5.41) is 8.73. The Morgan fingerprint density at radius 3 is 2.57 bits per heavy atom. The van der Waals surface area contributed by atoms with Gasteiger partial charge in [-0.2, -0.15) is 13.2 Å². The van der Waals surface area contributed by atoms with Crippen molar-refractivity contribution < 1.29 is 27.5 Å². The third kappa shape index (κ3) is 3.62. The topological polar surface area (TPSA) is 63.3 Å². The number of carboxylic acid groups (broad SMARTS) is 1. The second-order valence-electron chi connectivity index (χ2n) is 4.58. The van der Waals surface area contributed by atoms with Crippen LogP contribution in [0.3, 0.4) is 0 Å². The number of aromatic carboxylic acids is 1. The minimum atomic E-state index is -4.85. The lowest BCUT2D eigenvalue weighted by Gasteiger charge is -2.01. The number of carboxylic acids is 1. The zero-order valence-corrected chi connectivity index (χ0v) is 11.1. The van der Waals surface area contributed by atoms with Crippen LogP contribution in [0.5, 0.6) is 0 Å². The fourth-order valence-corrected chi connectivity index (χ4v) is 1.93. The van der Waals surface area contributed by atoms with Crippen LogP contribution in [-0.2, 0) is 19.0 Å². The highest BCUT2D eigenvalue weighted by molar-refractivity contribution is 5.85. The maximum absolute atomic E-state index is 12.7. The Kier molecular flexibility index (Phi) is 4.02. The molecule has 4 nitrogen and oxygen atoms in total. The van der Waals surface area contributed by atoms with E-state index in [0.717, 1.165) is 11.1 Å². The second-order valence-corrected chi connectivity index (χ2v) is 4.58. The van der Waals surface area contributed by atoms with Crippen LogP contribution in [-0.4, -0.2) is 16.1 Å². The summed E-state index contributed by atoms with van der Waals surface area (Å²) in [5.41, 5.74) is 0.454. The van der Waals surface area contributed by atoms with Gasteiger partial charge in [-0.3, -0.25) is 0 Å². The van der Waals surface area contributed by atoms with Crippen molar-refractivity contribution >= 4 is 5.97 Å². The minimum Gasteiger partial charge on any atom is -0.475 e. The third-order valence-electron chi connectivity index (χ3n) is 2.84. The molecule has 1 aromatic carbocycles. The fourth-order valence-electron chi connectivity index (χ4n) is 1.93. The van der Waals surface area contributed by atoms with Crippen molar-refractivity contribution in [3.8, 4) is 0 Å². The SMILES string of the molecule is Cc1cccc(CCc2nc(C(F)(F)F)c(C(=O)O)o2)c1. The number of nitrogens with zero attached hydrogens (tertiary/aromatic N) is 1. The van der Waals surface area contributed by atoms with Crippen LogP contribution < -0.4 is 0 Å². The van der Waals surface area contributed by atoms with Crippen molar-refractivity contribution in [1.82, 2.24) is 4.98 Å². The number of halogens is 3. The van der Waals surface area contributed by atoms with Gasteiger partial charge in [-0.05, 0) is 18.9 Å². The predicted octanol–water partition coefficient (Wildman–Crippen LogP) is 3.49. The van der Waals surface area contributed by atoms with Crippen LogP contribution in [0, 0.1) is 6.92 Å². The average molecular weight is 299 g/mol. The molecule has 0 aliphatic carbocycles. The summed E-state index contributed by atoms with van der Waals surface area (Å²) in [7, 11) is 0. The van der Waals surface area contributed by atoms with Crippen molar-refractivity contribution in [2.45, 2.75) is 25.9 Å². The van der Waals surface area contributed by atoms with Gasteiger partial charge in [0.25, 0.3) is 0 Å². The van der Waals surface area contributed by atoms with Gasteiger partial charge in [0.1, 0.15) is 0 Å². The van der Waals surface area contributed by atoms with Gasteiger partial charge in [-0.1, -0.05) is 29.8 Å². The predicted molar refractivity (Wildman–Crippen MR) is 67.1 cm³/mol. The summed E-state index contributed by atoms with van der Waals surface area (Å²) in [6.07, 6.45) is -4.34. The summed E-state index contributed by atoms with van der Waals surface area (Å²) in [6.45, 7) is 1.90. The Labute approximate surface area is 118 Å². The number of benzene rings is 1. The first-order chi connectivity index (χ1) is 9.77. The lowest BCUT2D eigenvalue weighted by Crippen LogP contribution is -2.11. The molecule has 7 heteroatoms. The Morgan fingerprint density at radius 2 is 2.05 bits per heavy atom. The van der Waals surface area contributed by atoms with Gasteiger partial charge >= 0.3 is 12.1 Å². The molecule has 1 heterocycles. The van der Waals surface area contributed by atoms with E-state index < -0.39 is 23.6 Å². The first kappa shape index (κ1) is 15.1. The van der Waals surface area contributed by atoms with Crippen molar-refractivity contribution in [3.63, 3.8) is 0 Å². The molecular formula is C14H12F3NO3. The number of hydrogen-bond acceptors (Lipinski definition) is 3. The molecule has 21 heavy (non-hydrogen) atoms. The van der Waals surface area contributed by atoms with Gasteiger partial charge in [-0.25, -0.2) is 9.78 Å². The molecule has 1 N–H and O–H groups in total. The Morgan fingerprint density at radius 1 is 1.33 bits per heavy atom. The molecule has 2 rings (SSSR count). The molecule has 0 amide bonds. The van der Waals surface area contributed by atoms with Gasteiger partial charge in [0.05, 0.1) is 0 Å². The molecule has 1 aromatic heterocycles. The summed E-state index contributed by atoms with van der Waals surface area (Å²) >= 11 is 0. The van der Waals surface area contributed by atoms with Crippen LogP contribution in [0.1, 0.15) is 33.3 Å². The minimum absolute atomic E-state index is 0.0970. The monoisotopic (exact) mass is 299 g/mol. The number of aromatic nitrogens is 1. The molecule has 0 radical (unpaired) electrons. The Balaban J connectivity index is 2.20. The van der Waals surface area contributed by atoms with E-state index in [9.17, 15) is 18.0 Å². The van der Waals surface area contributed by atoms with Crippen LogP contribution in [0.2, 0.25) is 0 Å². The third-order valence-corrected chi connectivity index (χ3v) is 2.84. The van der Waals surface area contributed by atoms with E-state index in [1.165, 1.54) is 0 Å². The molecule has 0 aliphatic heterocycles. The summed E-state index contributed by atoms with van der Waals surface area (Å²) in [6, 6.07) is 7.47. The average Bonchev–Trinajstić information content (AvgIpc) is 2.81.